The smallest absolute Gasteiger partial charge is 0.303 e. The molecule has 2 aromatic rings. The number of aliphatic carboxylic acids is 5. The number of Topliss-reactive ketones (excluding diaryl/α,β-unsaturated/α-hetero) is 1. The van der Waals surface area contributed by atoms with Gasteiger partial charge in [0, 0.05) is 79.5 Å². The fourth-order valence-corrected chi connectivity index (χ4v) is 11.1. The number of carboxylic acids is 5. The van der Waals surface area contributed by atoms with Crippen molar-refractivity contribution in [2.45, 2.75) is 189 Å². The maximum atomic E-state index is 13.9. The number of nitrogens with one attached hydrogen (secondary N) is 5. The Morgan fingerprint density at radius 2 is 0.968 bits per heavy atom. The second-order valence-electron chi connectivity index (χ2n) is 23.0. The Balaban J connectivity index is 1.83. The highest BCUT2D eigenvalue weighted by atomic mass is 32.2. The van der Waals surface area contributed by atoms with E-state index in [1.165, 1.54) is 24.3 Å². The van der Waals surface area contributed by atoms with Crippen LogP contribution in [0.3, 0.4) is 0 Å². The first-order valence-electron chi connectivity index (χ1n) is 29.7. The second kappa shape index (κ2) is 35.8. The van der Waals surface area contributed by atoms with Gasteiger partial charge in [0.15, 0.2) is 5.78 Å². The Bertz CT molecular complexity index is 3520. The number of rotatable bonds is 40. The third-order valence-corrected chi connectivity index (χ3v) is 16.8. The number of amides is 5. The summed E-state index contributed by atoms with van der Waals surface area (Å²) in [6.45, 7) is 13.0. The van der Waals surface area contributed by atoms with Crippen LogP contribution in [-0.2, 0) is 83.8 Å². The number of carboxylic acid groups (broad SMARTS) is 5. The molecular weight excluding hydrogens is 1260 g/mol. The number of nitrogens with zero attached hydrogens (tertiary/aromatic N) is 2. The summed E-state index contributed by atoms with van der Waals surface area (Å²) in [7, 11) is -9.06. The monoisotopic (exact) mass is 1340 g/mol. The molecule has 31 heteroatoms. The summed E-state index contributed by atoms with van der Waals surface area (Å²) in [6.07, 6.45) is 6.83. The van der Waals surface area contributed by atoms with E-state index < -0.39 is 184 Å². The first-order valence-corrected chi connectivity index (χ1v) is 32.5. The van der Waals surface area contributed by atoms with Crippen molar-refractivity contribution in [2.24, 2.45) is 4.99 Å². The van der Waals surface area contributed by atoms with Crippen LogP contribution in [0.15, 0.2) is 99.4 Å². The zero-order valence-corrected chi connectivity index (χ0v) is 54.3. The lowest BCUT2D eigenvalue weighted by Crippen LogP contribution is -2.59. The Labute approximate surface area is 538 Å². The van der Waals surface area contributed by atoms with Crippen LogP contribution in [0, 0.1) is 6.92 Å². The minimum absolute atomic E-state index is 0.209. The number of anilines is 1. The molecule has 29 nitrogen and oxygen atoms in total. The molecule has 12 N–H and O–H groups in total. The molecule has 1 aliphatic heterocycles. The van der Waals surface area contributed by atoms with Crippen molar-refractivity contribution in [1.29, 1.82) is 0 Å². The van der Waals surface area contributed by atoms with Crippen molar-refractivity contribution < 1.29 is 104 Å². The molecule has 0 fully saturated rings. The largest absolute Gasteiger partial charge is 0.481 e. The summed E-state index contributed by atoms with van der Waals surface area (Å²) in [5.41, 5.74) is 2.48. The Hall–Kier alpha value is -8.94. The number of hydrogen-bond donors (Lipinski definition) is 12. The fraction of sp³-hybridized carbons (Fsp3) is 0.484. The quantitative estimate of drug-likeness (QED) is 0.0189. The van der Waals surface area contributed by atoms with Crippen LogP contribution in [0.25, 0.3) is 0 Å². The van der Waals surface area contributed by atoms with Crippen molar-refractivity contribution in [1.82, 2.24) is 26.6 Å². The summed E-state index contributed by atoms with van der Waals surface area (Å²) in [4.78, 5) is 145. The van der Waals surface area contributed by atoms with E-state index in [4.69, 9.17) is 5.11 Å². The fourth-order valence-electron chi connectivity index (χ4n) is 10.1. The van der Waals surface area contributed by atoms with Crippen LogP contribution in [0.1, 0.15) is 148 Å². The van der Waals surface area contributed by atoms with Crippen LogP contribution in [0.5, 0.6) is 0 Å². The zero-order valence-electron chi connectivity index (χ0n) is 52.7. The number of hydrogen-bond acceptors (Lipinski definition) is 17. The zero-order chi connectivity index (χ0) is 70.2. The highest BCUT2D eigenvalue weighted by Crippen LogP contribution is 2.48. The molecule has 93 heavy (non-hydrogen) atoms. The van der Waals surface area contributed by atoms with E-state index in [0.717, 1.165) is 18.2 Å². The number of carbonyl (C=O) groups is 11. The molecule has 5 atom stereocenters. The Morgan fingerprint density at radius 3 is 1.41 bits per heavy atom. The first-order chi connectivity index (χ1) is 43.3. The van der Waals surface area contributed by atoms with Gasteiger partial charge in [0.1, 0.15) is 24.2 Å². The highest BCUT2D eigenvalue weighted by Gasteiger charge is 2.41. The van der Waals surface area contributed by atoms with Gasteiger partial charge in [-0.15, -0.1) is 0 Å². The standard InChI is InChI=1S/C62H83N7O22S2/c1-8-63-49(61(4,5)41-35-39(92(86,87)88)21-20-37(41)2)17-13-10-9-11-14-18-50-62(6,7)42-36-40(93(89,90)91)22-28-48(42)69(50)34-16-12-15-19-51(71)64-44(24-30-53(74)75)57(82)66-46(26-32-55(78)79)59(84)68-47(27-33-56(80)81)60(85)67-45(25-31-54(76)77)58(83)65-43(38(3)70)23-29-52(72)73/h9-11,13-14,17-18,20-22,28,35-36,43-47H,8,12,15-16,19,23-27,29-34H2,1-7H3,(H,64,71)(H,65,83)(H,66,82)(H,67,85)(H,68,84)(H,72,73)(H,74,75)(H,76,77)(H,78,79)(H,80,81)(H,86,87,88)(H,89,90,91)/b10-9+,14-11+,17-13+,50-18+,63-49?/t43-,44-,45-,46-,47-/m1/s1. The number of aliphatic imine (C=N–C) groups is 1. The Morgan fingerprint density at radius 1 is 0.559 bits per heavy atom. The molecule has 2 aromatic carbocycles. The number of ketones is 1. The van der Waals surface area contributed by atoms with Gasteiger partial charge in [-0.05, 0) is 125 Å². The van der Waals surface area contributed by atoms with Crippen LogP contribution < -0.4 is 31.5 Å². The number of benzene rings is 2. The first kappa shape index (κ1) is 78.3. The molecule has 0 saturated heterocycles. The van der Waals surface area contributed by atoms with E-state index in [-0.39, 0.29) is 29.1 Å². The number of carbonyl (C=O) groups excluding carboxylic acids is 6. The molecule has 0 aliphatic carbocycles. The van der Waals surface area contributed by atoms with Crippen LogP contribution in [-0.4, -0.2) is 166 Å². The summed E-state index contributed by atoms with van der Waals surface area (Å²) >= 11 is 0. The minimum atomic E-state index is -4.60. The molecule has 0 saturated carbocycles. The molecule has 1 aliphatic rings. The van der Waals surface area contributed by atoms with Crippen molar-refractivity contribution in [3.8, 4) is 0 Å². The van der Waals surface area contributed by atoms with Gasteiger partial charge < -0.3 is 57.0 Å². The Kier molecular flexibility index (Phi) is 30.1. The highest BCUT2D eigenvalue weighted by molar-refractivity contribution is 7.86. The lowest BCUT2D eigenvalue weighted by molar-refractivity contribution is -0.140. The topological polar surface area (TPSA) is 473 Å². The van der Waals surface area contributed by atoms with Gasteiger partial charge in [-0.1, -0.05) is 70.6 Å². The molecule has 510 valence electrons. The SMILES string of the molecule is CCN=C(/C=C/C=C/C=C/C=C1/N(CCCCCC(=O)N[C@H](CCC(=O)O)C(=O)N[C@H](CCC(=O)O)C(=O)N[C@H](CCC(=O)O)C(=O)N[C@H](CCC(=O)O)C(=O)N[C@H](CCC(=O)O)C(C)=O)c2ccc(S(=O)(=O)O)cc2C1(C)C)C(C)(C)c1cc(S(=O)(=O)O)ccc1C. The molecule has 5 amide bonds. The lowest BCUT2D eigenvalue weighted by Gasteiger charge is -2.28. The number of fused-ring (bicyclic) bond motifs is 1. The van der Waals surface area contributed by atoms with Gasteiger partial charge in [-0.2, -0.15) is 16.8 Å². The molecule has 0 bridgehead atoms. The molecular formula is C62H83N7O22S2. The minimum Gasteiger partial charge on any atom is -0.481 e. The van der Waals surface area contributed by atoms with Crippen LogP contribution >= 0.6 is 0 Å². The average Bonchev–Trinajstić information content (AvgIpc) is 1.61. The van der Waals surface area contributed by atoms with Crippen LogP contribution in [0.2, 0.25) is 0 Å². The van der Waals surface area contributed by atoms with Gasteiger partial charge >= 0.3 is 29.8 Å². The molecule has 3 rings (SSSR count). The van der Waals surface area contributed by atoms with Crippen molar-refractivity contribution in [3.63, 3.8) is 0 Å². The third kappa shape index (κ3) is 25.2. The van der Waals surface area contributed by atoms with Gasteiger partial charge in [0.2, 0.25) is 29.5 Å². The van der Waals surface area contributed by atoms with E-state index in [2.05, 4.69) is 31.6 Å². The molecule has 0 radical (unpaired) electrons. The molecule has 1 heterocycles. The maximum Gasteiger partial charge on any atom is 0.303 e. The van der Waals surface area contributed by atoms with Gasteiger partial charge in [-0.3, -0.25) is 66.8 Å². The van der Waals surface area contributed by atoms with E-state index in [9.17, 15) is 99.1 Å². The maximum absolute atomic E-state index is 13.9. The number of unbranched alkanes of at least 4 members (excludes halogenated alkanes) is 2. The molecule has 0 unspecified atom stereocenters. The van der Waals surface area contributed by atoms with Gasteiger partial charge in [-0.25, -0.2) is 0 Å². The predicted octanol–water partition coefficient (Wildman–Crippen LogP) is 4.47. The normalized spacial score (nSPS) is 15.4. The lowest BCUT2D eigenvalue weighted by atomic mass is 9.77. The van der Waals surface area contributed by atoms with Crippen molar-refractivity contribution in [3.05, 3.63) is 101 Å². The van der Waals surface area contributed by atoms with Gasteiger partial charge in [0.25, 0.3) is 20.2 Å². The average molecular weight is 1340 g/mol. The summed E-state index contributed by atoms with van der Waals surface area (Å²) in [5, 5.41) is 58.4. The van der Waals surface area contributed by atoms with E-state index in [1.54, 1.807) is 48.6 Å². The molecule has 0 aromatic heterocycles. The third-order valence-electron chi connectivity index (χ3n) is 15.1. The van der Waals surface area contributed by atoms with E-state index in [0.29, 0.717) is 48.5 Å². The second-order valence-corrected chi connectivity index (χ2v) is 25.8. The van der Waals surface area contributed by atoms with Crippen LogP contribution in [0.4, 0.5) is 5.69 Å². The predicted molar refractivity (Wildman–Crippen MR) is 337 cm³/mol. The van der Waals surface area contributed by atoms with Crippen molar-refractivity contribution >= 4 is 96.8 Å². The van der Waals surface area contributed by atoms with E-state index in [1.807, 2.05) is 52.5 Å². The number of allylic oxidation sites excluding steroid dienone is 8. The van der Waals surface area contributed by atoms with Crippen molar-refractivity contribution in [2.75, 3.05) is 18.0 Å². The number of aryl methyl sites for hydroxylation is 1. The molecule has 0 spiro atoms. The summed E-state index contributed by atoms with van der Waals surface area (Å²) < 4.78 is 68.2. The summed E-state index contributed by atoms with van der Waals surface area (Å²) in [5.74, 6) is -13.3. The van der Waals surface area contributed by atoms with E-state index >= 15 is 0 Å². The summed E-state index contributed by atoms with van der Waals surface area (Å²) in [6, 6.07) is 0.110. The van der Waals surface area contributed by atoms with Gasteiger partial charge in [0.05, 0.1) is 15.8 Å².